The lowest BCUT2D eigenvalue weighted by molar-refractivity contribution is -0.117. The minimum Gasteiger partial charge on any atom is -0.435 e. The Hall–Kier alpha value is -3.16. The number of ether oxygens (including phenoxy) is 1. The maximum Gasteiger partial charge on any atom is 0.387 e. The minimum absolute atomic E-state index is 0.00564. The molecule has 3 rings (SSSR count). The summed E-state index contributed by atoms with van der Waals surface area (Å²) in [6, 6.07) is 12.4. The van der Waals surface area contributed by atoms with Gasteiger partial charge in [-0.2, -0.15) is 8.78 Å². The van der Waals surface area contributed by atoms with Crippen LogP contribution in [-0.2, 0) is 4.79 Å². The van der Waals surface area contributed by atoms with Gasteiger partial charge in [-0.05, 0) is 43.3 Å². The lowest BCUT2D eigenvalue weighted by Crippen LogP contribution is -2.39. The van der Waals surface area contributed by atoms with E-state index in [0.29, 0.717) is 12.2 Å². The van der Waals surface area contributed by atoms with Gasteiger partial charge in [0.15, 0.2) is 0 Å². The summed E-state index contributed by atoms with van der Waals surface area (Å²) in [5.41, 5.74) is 2.32. The Bertz CT molecular complexity index is 810. The Morgan fingerprint density at radius 2 is 1.81 bits per heavy atom. The molecule has 2 aromatic rings. The zero-order valence-corrected chi connectivity index (χ0v) is 14.6. The van der Waals surface area contributed by atoms with E-state index in [4.69, 9.17) is 0 Å². The molecule has 0 spiro atoms. The number of hydrogen-bond donors (Lipinski definition) is 2. The Kier molecular flexibility index (Phi) is 5.54. The average molecular weight is 375 g/mol. The molecule has 2 aromatic carbocycles. The summed E-state index contributed by atoms with van der Waals surface area (Å²) in [7, 11) is 0. The van der Waals surface area contributed by atoms with Gasteiger partial charge in [-0.3, -0.25) is 4.79 Å². The number of halogens is 2. The summed E-state index contributed by atoms with van der Waals surface area (Å²) in [6.07, 6.45) is 0.211. The van der Waals surface area contributed by atoms with Crippen LogP contribution < -0.4 is 20.3 Å². The standard InChI is InChI=1S/C19H19F2N3O3/c1-12-2-6-15(7-3-12)24-11-14(10-17(24)25)23-19(26)22-13-4-8-16(9-5-13)27-18(20)21/h2-9,14,18H,10-11H2,1H3,(H2,22,23,26). The number of nitrogens with zero attached hydrogens (tertiary/aromatic N) is 1. The van der Waals surface area contributed by atoms with Crippen molar-refractivity contribution in [1.82, 2.24) is 5.32 Å². The number of carbonyl (C=O) groups is 2. The van der Waals surface area contributed by atoms with Crippen molar-refractivity contribution in [2.75, 3.05) is 16.8 Å². The molecule has 1 heterocycles. The number of anilines is 2. The van der Waals surface area contributed by atoms with Crippen molar-refractivity contribution in [3.63, 3.8) is 0 Å². The fraction of sp³-hybridized carbons (Fsp3) is 0.263. The van der Waals surface area contributed by atoms with E-state index in [1.807, 2.05) is 31.2 Å². The number of aryl methyl sites for hydroxylation is 1. The van der Waals surface area contributed by atoms with Gasteiger partial charge in [0.2, 0.25) is 5.91 Å². The highest BCUT2D eigenvalue weighted by atomic mass is 19.3. The van der Waals surface area contributed by atoms with Crippen LogP contribution in [-0.4, -0.2) is 31.1 Å². The van der Waals surface area contributed by atoms with Gasteiger partial charge in [0, 0.05) is 24.3 Å². The molecular weight excluding hydrogens is 356 g/mol. The van der Waals surface area contributed by atoms with E-state index in [-0.39, 0.29) is 24.1 Å². The highest BCUT2D eigenvalue weighted by molar-refractivity contribution is 5.97. The van der Waals surface area contributed by atoms with E-state index < -0.39 is 12.6 Å². The van der Waals surface area contributed by atoms with Crippen LogP contribution in [0.25, 0.3) is 0 Å². The summed E-state index contributed by atoms with van der Waals surface area (Å²) in [5, 5.41) is 5.36. The van der Waals surface area contributed by atoms with Crippen LogP contribution in [0.4, 0.5) is 25.0 Å². The number of nitrogens with one attached hydrogen (secondary N) is 2. The van der Waals surface area contributed by atoms with Crippen molar-refractivity contribution in [2.24, 2.45) is 0 Å². The quantitative estimate of drug-likeness (QED) is 0.840. The first kappa shape index (κ1) is 18.6. The molecule has 2 N–H and O–H groups in total. The van der Waals surface area contributed by atoms with Gasteiger partial charge in [-0.15, -0.1) is 0 Å². The first-order valence-electron chi connectivity index (χ1n) is 8.40. The van der Waals surface area contributed by atoms with E-state index in [0.717, 1.165) is 11.3 Å². The maximum atomic E-state index is 12.2. The van der Waals surface area contributed by atoms with Gasteiger partial charge in [0.25, 0.3) is 0 Å². The molecule has 3 amide bonds. The number of rotatable bonds is 5. The summed E-state index contributed by atoms with van der Waals surface area (Å²) >= 11 is 0. The molecule has 1 saturated heterocycles. The lowest BCUT2D eigenvalue weighted by Gasteiger charge is -2.17. The number of benzene rings is 2. The number of carbonyl (C=O) groups excluding carboxylic acids is 2. The van der Waals surface area contributed by atoms with Crippen LogP contribution in [0.5, 0.6) is 5.75 Å². The molecule has 1 aliphatic rings. The molecule has 142 valence electrons. The van der Waals surface area contributed by atoms with Crippen LogP contribution in [0.2, 0.25) is 0 Å². The second kappa shape index (κ2) is 8.03. The molecule has 6 nitrogen and oxygen atoms in total. The van der Waals surface area contributed by atoms with Gasteiger partial charge in [0.05, 0.1) is 6.04 Å². The molecule has 0 radical (unpaired) electrons. The van der Waals surface area contributed by atoms with Crippen molar-refractivity contribution in [1.29, 1.82) is 0 Å². The van der Waals surface area contributed by atoms with E-state index in [1.54, 1.807) is 4.90 Å². The third-order valence-corrected chi connectivity index (χ3v) is 4.14. The van der Waals surface area contributed by atoms with Crippen molar-refractivity contribution in [3.8, 4) is 5.75 Å². The summed E-state index contributed by atoms with van der Waals surface area (Å²) < 4.78 is 28.5. The van der Waals surface area contributed by atoms with E-state index in [9.17, 15) is 18.4 Å². The van der Waals surface area contributed by atoms with Crippen molar-refractivity contribution >= 4 is 23.3 Å². The Balaban J connectivity index is 1.54. The van der Waals surface area contributed by atoms with Gasteiger partial charge in [0.1, 0.15) is 5.75 Å². The number of amides is 3. The zero-order chi connectivity index (χ0) is 19.4. The van der Waals surface area contributed by atoms with Crippen LogP contribution in [0, 0.1) is 6.92 Å². The monoisotopic (exact) mass is 375 g/mol. The molecule has 8 heteroatoms. The molecular formula is C19H19F2N3O3. The van der Waals surface area contributed by atoms with E-state index in [2.05, 4.69) is 15.4 Å². The molecule has 27 heavy (non-hydrogen) atoms. The third kappa shape index (κ3) is 4.93. The fourth-order valence-electron chi connectivity index (χ4n) is 2.85. The topological polar surface area (TPSA) is 70.7 Å². The first-order valence-corrected chi connectivity index (χ1v) is 8.40. The molecule has 0 saturated carbocycles. The van der Waals surface area contributed by atoms with Gasteiger partial charge < -0.3 is 20.3 Å². The van der Waals surface area contributed by atoms with Crippen LogP contribution in [0.1, 0.15) is 12.0 Å². The molecule has 0 aromatic heterocycles. The Labute approximate surface area is 155 Å². The first-order chi connectivity index (χ1) is 12.9. The largest absolute Gasteiger partial charge is 0.435 e. The smallest absolute Gasteiger partial charge is 0.387 e. The molecule has 1 atom stereocenters. The summed E-state index contributed by atoms with van der Waals surface area (Å²) in [5.74, 6) is -0.0521. The molecule has 1 aliphatic heterocycles. The van der Waals surface area contributed by atoms with Crippen LogP contribution in [0.15, 0.2) is 48.5 Å². The van der Waals surface area contributed by atoms with Crippen molar-refractivity contribution in [2.45, 2.75) is 26.0 Å². The normalized spacial score (nSPS) is 16.5. The van der Waals surface area contributed by atoms with Crippen LogP contribution >= 0.6 is 0 Å². The number of urea groups is 1. The third-order valence-electron chi connectivity index (χ3n) is 4.14. The van der Waals surface area contributed by atoms with Gasteiger partial charge in [-0.1, -0.05) is 17.7 Å². The predicted octanol–water partition coefficient (Wildman–Crippen LogP) is 3.52. The molecule has 0 bridgehead atoms. The SMILES string of the molecule is Cc1ccc(N2CC(NC(=O)Nc3ccc(OC(F)F)cc3)CC2=O)cc1. The van der Waals surface area contributed by atoms with Gasteiger partial charge in [-0.25, -0.2) is 4.79 Å². The fourth-order valence-corrected chi connectivity index (χ4v) is 2.85. The number of alkyl halides is 2. The summed E-state index contributed by atoms with van der Waals surface area (Å²) in [4.78, 5) is 26.0. The average Bonchev–Trinajstić information content (AvgIpc) is 2.97. The minimum atomic E-state index is -2.90. The highest BCUT2D eigenvalue weighted by Gasteiger charge is 2.31. The van der Waals surface area contributed by atoms with Crippen LogP contribution in [0.3, 0.4) is 0 Å². The Morgan fingerprint density at radius 1 is 1.15 bits per heavy atom. The van der Waals surface area contributed by atoms with E-state index >= 15 is 0 Å². The molecule has 0 aliphatic carbocycles. The second-order valence-corrected chi connectivity index (χ2v) is 6.24. The second-order valence-electron chi connectivity index (χ2n) is 6.24. The van der Waals surface area contributed by atoms with E-state index in [1.165, 1.54) is 24.3 Å². The number of hydrogen-bond acceptors (Lipinski definition) is 3. The predicted molar refractivity (Wildman–Crippen MR) is 97.2 cm³/mol. The molecule has 1 fully saturated rings. The van der Waals surface area contributed by atoms with Crippen molar-refractivity contribution < 1.29 is 23.1 Å². The maximum absolute atomic E-state index is 12.2. The highest BCUT2D eigenvalue weighted by Crippen LogP contribution is 2.22. The summed E-state index contributed by atoms with van der Waals surface area (Å²) in [6.45, 7) is -0.545. The van der Waals surface area contributed by atoms with Gasteiger partial charge >= 0.3 is 12.6 Å². The zero-order valence-electron chi connectivity index (χ0n) is 14.6. The lowest BCUT2D eigenvalue weighted by atomic mass is 10.2. The Morgan fingerprint density at radius 3 is 2.44 bits per heavy atom. The molecule has 1 unspecified atom stereocenters. The van der Waals surface area contributed by atoms with Crippen molar-refractivity contribution in [3.05, 3.63) is 54.1 Å².